The van der Waals surface area contributed by atoms with Crippen LogP contribution in [-0.4, -0.2) is 38.8 Å². The molecule has 8 nitrogen and oxygen atoms in total. The van der Waals surface area contributed by atoms with Crippen molar-refractivity contribution in [3.05, 3.63) is 23.8 Å². The number of hydrogen-bond donors (Lipinski definition) is 2. The van der Waals surface area contributed by atoms with E-state index in [0.717, 1.165) is 0 Å². The summed E-state index contributed by atoms with van der Waals surface area (Å²) in [6.45, 7) is 0.299. The monoisotopic (exact) mass is 250 g/mol. The van der Waals surface area contributed by atoms with Crippen molar-refractivity contribution in [3.8, 4) is 0 Å². The summed E-state index contributed by atoms with van der Waals surface area (Å²) < 4.78 is 6.02. The SMILES string of the molecule is NC(=O)OCCn1nnc2ccc(C(=O)O)cc21. The topological polar surface area (TPSA) is 120 Å². The zero-order valence-electron chi connectivity index (χ0n) is 9.24. The van der Waals surface area contributed by atoms with E-state index in [4.69, 9.17) is 10.8 Å². The first-order valence-electron chi connectivity index (χ1n) is 5.06. The minimum atomic E-state index is -1.03. The van der Waals surface area contributed by atoms with Crippen molar-refractivity contribution in [1.82, 2.24) is 15.0 Å². The van der Waals surface area contributed by atoms with Crippen LogP contribution in [0.5, 0.6) is 0 Å². The molecule has 1 aromatic heterocycles. The fourth-order valence-electron chi connectivity index (χ4n) is 1.50. The minimum Gasteiger partial charge on any atom is -0.478 e. The maximum atomic E-state index is 10.8. The van der Waals surface area contributed by atoms with E-state index >= 15 is 0 Å². The van der Waals surface area contributed by atoms with Gasteiger partial charge in [-0.05, 0) is 18.2 Å². The van der Waals surface area contributed by atoms with E-state index in [1.54, 1.807) is 6.07 Å². The van der Waals surface area contributed by atoms with Crippen LogP contribution in [0.1, 0.15) is 10.4 Å². The molecular formula is C10H10N4O4. The number of primary amides is 1. The quantitative estimate of drug-likeness (QED) is 0.800. The number of carboxylic acid groups (broad SMARTS) is 1. The van der Waals surface area contributed by atoms with Gasteiger partial charge in [-0.3, -0.25) is 0 Å². The molecule has 0 aliphatic rings. The number of amides is 1. The van der Waals surface area contributed by atoms with Crippen molar-refractivity contribution >= 4 is 23.1 Å². The van der Waals surface area contributed by atoms with Crippen LogP contribution in [0.2, 0.25) is 0 Å². The second-order valence-corrected chi connectivity index (χ2v) is 3.49. The van der Waals surface area contributed by atoms with Gasteiger partial charge in [0.1, 0.15) is 12.1 Å². The number of nitrogens with zero attached hydrogens (tertiary/aromatic N) is 3. The van der Waals surface area contributed by atoms with Crippen molar-refractivity contribution < 1.29 is 19.4 Å². The zero-order chi connectivity index (χ0) is 13.1. The van der Waals surface area contributed by atoms with Gasteiger partial charge in [0, 0.05) is 0 Å². The van der Waals surface area contributed by atoms with Crippen LogP contribution in [0, 0.1) is 0 Å². The molecule has 0 aliphatic heterocycles. The maximum Gasteiger partial charge on any atom is 0.404 e. The number of nitrogens with two attached hydrogens (primary N) is 1. The minimum absolute atomic E-state index is 0.0467. The first kappa shape index (κ1) is 11.8. The van der Waals surface area contributed by atoms with Gasteiger partial charge in [0.25, 0.3) is 0 Å². The lowest BCUT2D eigenvalue weighted by Crippen LogP contribution is -2.17. The fraction of sp³-hybridized carbons (Fsp3) is 0.200. The van der Waals surface area contributed by atoms with Crippen LogP contribution in [0.4, 0.5) is 4.79 Å². The molecule has 1 amide bonds. The molecule has 0 radical (unpaired) electrons. The third-order valence-electron chi connectivity index (χ3n) is 2.31. The van der Waals surface area contributed by atoms with Crippen LogP contribution < -0.4 is 5.73 Å². The zero-order valence-corrected chi connectivity index (χ0v) is 9.24. The average Bonchev–Trinajstić information content (AvgIpc) is 2.71. The molecule has 0 saturated heterocycles. The Morgan fingerprint density at radius 1 is 1.44 bits per heavy atom. The van der Waals surface area contributed by atoms with Gasteiger partial charge >= 0.3 is 12.1 Å². The van der Waals surface area contributed by atoms with E-state index in [9.17, 15) is 9.59 Å². The second kappa shape index (κ2) is 4.70. The van der Waals surface area contributed by atoms with E-state index in [1.807, 2.05) is 0 Å². The number of aromatic carboxylic acids is 1. The number of fused-ring (bicyclic) bond motifs is 1. The van der Waals surface area contributed by atoms with Crippen LogP contribution in [0.15, 0.2) is 18.2 Å². The van der Waals surface area contributed by atoms with Gasteiger partial charge in [-0.25, -0.2) is 14.3 Å². The molecule has 94 valence electrons. The number of rotatable bonds is 4. The van der Waals surface area contributed by atoms with Gasteiger partial charge < -0.3 is 15.6 Å². The van der Waals surface area contributed by atoms with Crippen molar-refractivity contribution in [2.75, 3.05) is 6.61 Å². The molecule has 3 N–H and O–H groups in total. The Labute approximate surface area is 101 Å². The normalized spacial score (nSPS) is 10.4. The molecule has 0 atom stereocenters. The number of benzene rings is 1. The summed E-state index contributed by atoms with van der Waals surface area (Å²) in [7, 11) is 0. The molecule has 8 heteroatoms. The predicted molar refractivity (Wildman–Crippen MR) is 60.0 cm³/mol. The third-order valence-corrected chi connectivity index (χ3v) is 2.31. The molecular weight excluding hydrogens is 240 g/mol. The summed E-state index contributed by atoms with van der Waals surface area (Å²) in [6.07, 6.45) is -0.870. The second-order valence-electron chi connectivity index (χ2n) is 3.49. The molecule has 0 saturated carbocycles. The van der Waals surface area contributed by atoms with Crippen molar-refractivity contribution in [3.63, 3.8) is 0 Å². The first-order chi connectivity index (χ1) is 8.58. The maximum absolute atomic E-state index is 10.8. The highest BCUT2D eigenvalue weighted by atomic mass is 16.5. The van der Waals surface area contributed by atoms with Crippen LogP contribution in [0.3, 0.4) is 0 Å². The first-order valence-corrected chi connectivity index (χ1v) is 5.06. The highest BCUT2D eigenvalue weighted by Crippen LogP contribution is 2.13. The summed E-state index contributed by atoms with van der Waals surface area (Å²) in [5.41, 5.74) is 6.09. The number of carbonyl (C=O) groups excluding carboxylic acids is 1. The predicted octanol–water partition coefficient (Wildman–Crippen LogP) is 0.225. The van der Waals surface area contributed by atoms with Crippen molar-refractivity contribution in [2.45, 2.75) is 6.54 Å². The standard InChI is InChI=1S/C10H10N4O4/c11-10(17)18-4-3-14-8-5-6(9(15)16)1-2-7(8)12-13-14/h1-2,5H,3-4H2,(H2,11,17)(H,15,16). The van der Waals surface area contributed by atoms with Gasteiger partial charge in [0.2, 0.25) is 0 Å². The molecule has 0 aliphatic carbocycles. The molecule has 0 bridgehead atoms. The van der Waals surface area contributed by atoms with Gasteiger partial charge in [-0.1, -0.05) is 5.21 Å². The van der Waals surface area contributed by atoms with Gasteiger partial charge in [0.05, 0.1) is 17.6 Å². The Bertz CT molecular complexity index is 607. The van der Waals surface area contributed by atoms with E-state index in [1.165, 1.54) is 16.8 Å². The van der Waals surface area contributed by atoms with Gasteiger partial charge in [-0.2, -0.15) is 0 Å². The number of ether oxygens (including phenoxy) is 1. The lowest BCUT2D eigenvalue weighted by atomic mass is 10.2. The molecule has 2 aromatic rings. The Kier molecular flexibility index (Phi) is 3.09. The molecule has 2 rings (SSSR count). The van der Waals surface area contributed by atoms with Crippen LogP contribution in [-0.2, 0) is 11.3 Å². The van der Waals surface area contributed by atoms with E-state index in [0.29, 0.717) is 11.0 Å². The highest BCUT2D eigenvalue weighted by Gasteiger charge is 2.09. The number of aromatic nitrogens is 3. The lowest BCUT2D eigenvalue weighted by Gasteiger charge is -2.02. The summed E-state index contributed by atoms with van der Waals surface area (Å²) in [6, 6.07) is 4.47. The third kappa shape index (κ3) is 2.37. The number of hydrogen-bond acceptors (Lipinski definition) is 5. The lowest BCUT2D eigenvalue weighted by molar-refractivity contribution is 0.0697. The summed E-state index contributed by atoms with van der Waals surface area (Å²) >= 11 is 0. The molecule has 0 fully saturated rings. The molecule has 0 spiro atoms. The molecule has 18 heavy (non-hydrogen) atoms. The summed E-state index contributed by atoms with van der Waals surface area (Å²) in [5.74, 6) is -1.03. The van der Waals surface area contributed by atoms with Crippen LogP contribution in [0.25, 0.3) is 11.0 Å². The van der Waals surface area contributed by atoms with Crippen LogP contribution >= 0.6 is 0 Å². The van der Waals surface area contributed by atoms with Gasteiger partial charge in [-0.15, -0.1) is 5.10 Å². The highest BCUT2D eigenvalue weighted by molar-refractivity contribution is 5.92. The van der Waals surface area contributed by atoms with E-state index < -0.39 is 12.1 Å². The Hall–Kier alpha value is -2.64. The molecule has 0 unspecified atom stereocenters. The summed E-state index contributed by atoms with van der Waals surface area (Å²) in [4.78, 5) is 21.3. The number of carboxylic acids is 1. The van der Waals surface area contributed by atoms with Gasteiger partial charge in [0.15, 0.2) is 0 Å². The number of carbonyl (C=O) groups is 2. The largest absolute Gasteiger partial charge is 0.478 e. The Morgan fingerprint density at radius 3 is 2.89 bits per heavy atom. The van der Waals surface area contributed by atoms with E-state index in [2.05, 4.69) is 15.0 Å². The Morgan fingerprint density at radius 2 is 2.22 bits per heavy atom. The molecule has 1 heterocycles. The average molecular weight is 250 g/mol. The smallest absolute Gasteiger partial charge is 0.404 e. The molecule has 1 aromatic carbocycles. The van der Waals surface area contributed by atoms with Crippen molar-refractivity contribution in [2.24, 2.45) is 5.73 Å². The Balaban J connectivity index is 2.25. The summed E-state index contributed by atoms with van der Waals surface area (Å²) in [5, 5.41) is 16.6. The fourth-order valence-corrected chi connectivity index (χ4v) is 1.50. The van der Waals surface area contributed by atoms with Crippen molar-refractivity contribution in [1.29, 1.82) is 0 Å². The van der Waals surface area contributed by atoms with E-state index in [-0.39, 0.29) is 18.7 Å².